The van der Waals surface area contributed by atoms with Gasteiger partial charge in [-0.25, -0.2) is 0 Å². The average Bonchev–Trinajstić information content (AvgIpc) is 2.23. The Balaban J connectivity index is 3.35. The number of esters is 1. The Kier molecular flexibility index (Phi) is 7.57. The van der Waals surface area contributed by atoms with Crippen LogP contribution in [0.4, 0.5) is 0 Å². The number of rotatable bonds is 8. The summed E-state index contributed by atoms with van der Waals surface area (Å²) < 4.78 is 4.81. The molecule has 0 aliphatic rings. The Morgan fingerprint density at radius 1 is 1.44 bits per heavy atom. The van der Waals surface area contributed by atoms with Crippen LogP contribution >= 0.6 is 0 Å². The number of carbonyl (C=O) groups excluding carboxylic acids is 1. The van der Waals surface area contributed by atoms with E-state index in [1.165, 1.54) is 0 Å². The maximum absolute atomic E-state index is 11.0. The van der Waals surface area contributed by atoms with Gasteiger partial charge < -0.3 is 10.1 Å². The highest BCUT2D eigenvalue weighted by Gasteiger charge is 2.15. The molecule has 1 N–H and O–H groups in total. The van der Waals surface area contributed by atoms with Crippen molar-refractivity contribution in [2.45, 2.75) is 40.0 Å². The second kappa shape index (κ2) is 8.12. The maximum atomic E-state index is 11.0. The van der Waals surface area contributed by atoms with E-state index in [-0.39, 0.29) is 11.4 Å². The van der Waals surface area contributed by atoms with Gasteiger partial charge >= 0.3 is 5.97 Å². The minimum Gasteiger partial charge on any atom is -0.466 e. The van der Waals surface area contributed by atoms with Gasteiger partial charge in [-0.2, -0.15) is 5.26 Å². The molecule has 0 amide bonds. The third kappa shape index (κ3) is 8.25. The van der Waals surface area contributed by atoms with Crippen molar-refractivity contribution in [2.75, 3.05) is 19.7 Å². The smallest absolute Gasteiger partial charge is 0.305 e. The third-order valence-electron chi connectivity index (χ3n) is 2.27. The van der Waals surface area contributed by atoms with Gasteiger partial charge in [0, 0.05) is 6.42 Å². The normalized spacial score (nSPS) is 10.9. The number of ether oxygens (including phenoxy) is 1. The van der Waals surface area contributed by atoms with Gasteiger partial charge in [0.25, 0.3) is 0 Å². The first-order chi connectivity index (χ1) is 7.52. The highest BCUT2D eigenvalue weighted by atomic mass is 16.5. The number of nitriles is 1. The van der Waals surface area contributed by atoms with E-state index in [0.29, 0.717) is 13.0 Å². The molecule has 4 nitrogen and oxygen atoms in total. The lowest BCUT2D eigenvalue weighted by atomic mass is 9.91. The summed E-state index contributed by atoms with van der Waals surface area (Å²) in [6.45, 7) is 7.70. The fourth-order valence-corrected chi connectivity index (χ4v) is 1.17. The lowest BCUT2D eigenvalue weighted by Crippen LogP contribution is -2.22. The molecular weight excluding hydrogens is 204 g/mol. The number of nitrogens with zero attached hydrogens (tertiary/aromatic N) is 1. The average molecular weight is 226 g/mol. The Labute approximate surface area is 98.0 Å². The Morgan fingerprint density at radius 3 is 2.69 bits per heavy atom. The van der Waals surface area contributed by atoms with Crippen LogP contribution < -0.4 is 5.32 Å². The zero-order valence-corrected chi connectivity index (χ0v) is 10.5. The van der Waals surface area contributed by atoms with Gasteiger partial charge in [-0.05, 0) is 46.7 Å². The Hall–Kier alpha value is -1.08. The molecule has 0 spiro atoms. The molecule has 0 rings (SSSR count). The second-order valence-corrected chi connectivity index (χ2v) is 4.40. The van der Waals surface area contributed by atoms with Crippen molar-refractivity contribution in [1.29, 1.82) is 5.26 Å². The minimum atomic E-state index is -0.270. The van der Waals surface area contributed by atoms with Crippen molar-refractivity contribution in [1.82, 2.24) is 5.32 Å². The molecule has 0 saturated carbocycles. The standard InChI is InChI=1S/C12H22N2O2/c1-4-16-11(15)6-5-8-14-9-7-12(2,3)10-13/h14H,4-9H2,1-3H3. The zero-order valence-electron chi connectivity index (χ0n) is 10.5. The van der Waals surface area contributed by atoms with Gasteiger partial charge in [0.1, 0.15) is 0 Å². The van der Waals surface area contributed by atoms with Crippen molar-refractivity contribution < 1.29 is 9.53 Å². The van der Waals surface area contributed by atoms with Gasteiger partial charge in [-0.1, -0.05) is 0 Å². The molecule has 0 aromatic carbocycles. The lowest BCUT2D eigenvalue weighted by Gasteiger charge is -2.14. The minimum absolute atomic E-state index is 0.137. The quantitative estimate of drug-likeness (QED) is 0.507. The fraction of sp³-hybridized carbons (Fsp3) is 0.833. The van der Waals surface area contributed by atoms with E-state index in [9.17, 15) is 4.79 Å². The van der Waals surface area contributed by atoms with Crippen LogP contribution in [0.1, 0.15) is 40.0 Å². The van der Waals surface area contributed by atoms with Crippen LogP contribution in [0.5, 0.6) is 0 Å². The van der Waals surface area contributed by atoms with Crippen molar-refractivity contribution >= 4 is 5.97 Å². The molecule has 0 atom stereocenters. The third-order valence-corrected chi connectivity index (χ3v) is 2.27. The van der Waals surface area contributed by atoms with Crippen molar-refractivity contribution in [2.24, 2.45) is 5.41 Å². The number of hydrogen-bond donors (Lipinski definition) is 1. The molecule has 0 aromatic rings. The fourth-order valence-electron chi connectivity index (χ4n) is 1.17. The number of nitrogens with one attached hydrogen (secondary N) is 1. The monoisotopic (exact) mass is 226 g/mol. The molecular formula is C12H22N2O2. The topological polar surface area (TPSA) is 62.1 Å². The maximum Gasteiger partial charge on any atom is 0.305 e. The molecule has 0 bridgehead atoms. The van der Waals surface area contributed by atoms with E-state index in [0.717, 1.165) is 25.9 Å². The van der Waals surface area contributed by atoms with Crippen molar-refractivity contribution in [3.05, 3.63) is 0 Å². The predicted octanol–water partition coefficient (Wildman–Crippen LogP) is 1.86. The van der Waals surface area contributed by atoms with Crippen molar-refractivity contribution in [3.63, 3.8) is 0 Å². The van der Waals surface area contributed by atoms with E-state index in [1.807, 2.05) is 13.8 Å². The first-order valence-corrected chi connectivity index (χ1v) is 5.79. The van der Waals surface area contributed by atoms with Gasteiger partial charge in [0.05, 0.1) is 18.1 Å². The van der Waals surface area contributed by atoms with Crippen LogP contribution in [0.2, 0.25) is 0 Å². The summed E-state index contributed by atoms with van der Waals surface area (Å²) in [6, 6.07) is 2.25. The van der Waals surface area contributed by atoms with Crippen LogP contribution in [0.25, 0.3) is 0 Å². The zero-order chi connectivity index (χ0) is 12.4. The van der Waals surface area contributed by atoms with E-state index < -0.39 is 0 Å². The first-order valence-electron chi connectivity index (χ1n) is 5.79. The highest BCUT2D eigenvalue weighted by molar-refractivity contribution is 5.69. The largest absolute Gasteiger partial charge is 0.466 e. The van der Waals surface area contributed by atoms with Crippen molar-refractivity contribution in [3.8, 4) is 6.07 Å². The van der Waals surface area contributed by atoms with Gasteiger partial charge in [0.2, 0.25) is 0 Å². The van der Waals surface area contributed by atoms with E-state index in [1.54, 1.807) is 6.92 Å². The van der Waals surface area contributed by atoms with Gasteiger partial charge in [0.15, 0.2) is 0 Å². The molecule has 0 fully saturated rings. The van der Waals surface area contributed by atoms with E-state index >= 15 is 0 Å². The SMILES string of the molecule is CCOC(=O)CCCNCCC(C)(C)C#N. The molecule has 0 aliphatic carbocycles. The Bertz CT molecular complexity index is 244. The molecule has 0 saturated heterocycles. The summed E-state index contributed by atoms with van der Waals surface area (Å²) in [6.07, 6.45) is 2.07. The molecule has 0 radical (unpaired) electrons. The van der Waals surface area contributed by atoms with Crippen LogP contribution in [0, 0.1) is 16.7 Å². The summed E-state index contributed by atoms with van der Waals surface area (Å²) in [5, 5.41) is 12.0. The molecule has 16 heavy (non-hydrogen) atoms. The van der Waals surface area contributed by atoms with Crippen LogP contribution in [-0.4, -0.2) is 25.7 Å². The Morgan fingerprint density at radius 2 is 2.12 bits per heavy atom. The highest BCUT2D eigenvalue weighted by Crippen LogP contribution is 2.16. The molecule has 4 heteroatoms. The van der Waals surface area contributed by atoms with E-state index in [4.69, 9.17) is 10.00 Å². The summed E-state index contributed by atoms with van der Waals surface area (Å²) in [4.78, 5) is 11.0. The van der Waals surface area contributed by atoms with Gasteiger partial charge in [-0.15, -0.1) is 0 Å². The number of hydrogen-bond acceptors (Lipinski definition) is 4. The summed E-state index contributed by atoms with van der Waals surface area (Å²) in [7, 11) is 0. The van der Waals surface area contributed by atoms with Crippen LogP contribution in [-0.2, 0) is 9.53 Å². The summed E-state index contributed by atoms with van der Waals surface area (Å²) in [5.74, 6) is -0.137. The van der Waals surface area contributed by atoms with Gasteiger partial charge in [-0.3, -0.25) is 4.79 Å². The molecule has 0 unspecified atom stereocenters. The molecule has 92 valence electrons. The van der Waals surface area contributed by atoms with E-state index in [2.05, 4.69) is 11.4 Å². The lowest BCUT2D eigenvalue weighted by molar-refractivity contribution is -0.143. The predicted molar refractivity (Wildman–Crippen MR) is 62.7 cm³/mol. The summed E-state index contributed by atoms with van der Waals surface area (Å²) >= 11 is 0. The van der Waals surface area contributed by atoms with Crippen LogP contribution in [0.15, 0.2) is 0 Å². The molecule has 0 aromatic heterocycles. The summed E-state index contributed by atoms with van der Waals surface area (Å²) in [5.41, 5.74) is -0.270. The molecule has 0 aliphatic heterocycles. The first kappa shape index (κ1) is 14.9. The second-order valence-electron chi connectivity index (χ2n) is 4.40. The van der Waals surface area contributed by atoms with Crippen LogP contribution in [0.3, 0.4) is 0 Å². The number of carbonyl (C=O) groups is 1. The molecule has 0 heterocycles.